The molecule has 18 heteroatoms. The first kappa shape index (κ1) is 39.6. The topological polar surface area (TPSA) is 40.1 Å². The van der Waals surface area contributed by atoms with Crippen LogP contribution in [-0.2, 0) is 15.7 Å². The lowest BCUT2D eigenvalue weighted by molar-refractivity contribution is -0.454. The second-order valence-electron chi connectivity index (χ2n) is 9.89. The normalized spacial score (nSPS) is 13.7. The minimum Gasteiger partial charge on any atom is -0.544 e. The molecule has 0 amide bonds. The van der Waals surface area contributed by atoms with Crippen LogP contribution >= 0.6 is 0 Å². The average Bonchev–Trinajstić information content (AvgIpc) is 2.95. The Kier molecular flexibility index (Phi) is 11.1. The van der Waals surface area contributed by atoms with E-state index in [1.54, 1.807) is 0 Å². The number of hydrogen-bond donors (Lipinski definition) is 0. The molecule has 0 radical (unpaired) electrons. The lowest BCUT2D eigenvalue weighted by Crippen LogP contribution is -2.74. The molecule has 3 aromatic carbocycles. The number of carbonyl (C=O) groups excluding carboxylic acids is 1. The highest BCUT2D eigenvalue weighted by atomic mass is 32.2. The van der Waals surface area contributed by atoms with Crippen molar-refractivity contribution in [1.82, 2.24) is 0 Å². The molecule has 0 aliphatic heterocycles. The highest BCUT2D eigenvalue weighted by Crippen LogP contribution is 2.62. The Balaban J connectivity index is 0.000000328. The van der Waals surface area contributed by atoms with Crippen molar-refractivity contribution in [3.05, 3.63) is 89.5 Å². The van der Waals surface area contributed by atoms with E-state index in [1.165, 1.54) is 31.4 Å². The van der Waals surface area contributed by atoms with Gasteiger partial charge in [-0.05, 0) is 45.0 Å². The van der Waals surface area contributed by atoms with Crippen LogP contribution in [0.15, 0.2) is 87.5 Å². The zero-order chi connectivity index (χ0) is 36.6. The molecule has 0 aliphatic rings. The summed E-state index contributed by atoms with van der Waals surface area (Å²) in [6, 6.07) is 26.3. The molecule has 0 fully saturated rings. The van der Waals surface area contributed by atoms with Crippen LogP contribution in [0, 0.1) is 20.8 Å². The summed E-state index contributed by atoms with van der Waals surface area (Å²) < 4.78 is 186. The highest BCUT2D eigenvalue weighted by molar-refractivity contribution is 7.97. The highest BCUT2D eigenvalue weighted by Gasteiger charge is 2.93. The van der Waals surface area contributed by atoms with Crippen molar-refractivity contribution in [3.8, 4) is 0 Å². The lowest BCUT2D eigenvalue weighted by Gasteiger charge is -2.41. The molecule has 260 valence electrons. The van der Waals surface area contributed by atoms with Gasteiger partial charge in [0.05, 0.1) is 10.9 Å². The van der Waals surface area contributed by atoms with Crippen molar-refractivity contribution in [1.29, 1.82) is 0 Å². The van der Waals surface area contributed by atoms with Gasteiger partial charge in [0.2, 0.25) is 0 Å². The molecule has 0 bridgehead atoms. The van der Waals surface area contributed by atoms with Gasteiger partial charge >= 0.3 is 41.7 Å². The monoisotopic (exact) mass is 718 g/mol. The van der Waals surface area contributed by atoms with Crippen molar-refractivity contribution in [2.45, 2.75) is 77.2 Å². The first-order valence-corrected chi connectivity index (χ1v) is 13.8. The molecule has 0 aliphatic carbocycles. The quantitative estimate of drug-likeness (QED) is 0.164. The van der Waals surface area contributed by atoms with E-state index in [0.29, 0.717) is 0 Å². The minimum atomic E-state index is -8.50. The molecule has 0 spiro atoms. The molecule has 3 aromatic rings. The summed E-state index contributed by atoms with van der Waals surface area (Å²) in [5.41, 5.74) is 4.10. The molecular formula is C29H21F15O2S. The molecule has 3 rings (SSSR count). The van der Waals surface area contributed by atoms with E-state index in [4.69, 9.17) is 0 Å². The molecule has 0 N–H and O–H groups in total. The summed E-state index contributed by atoms with van der Waals surface area (Å²) in [6.45, 7) is 6.65. The fourth-order valence-electron chi connectivity index (χ4n) is 4.07. The molecule has 0 aromatic heterocycles. The zero-order valence-corrected chi connectivity index (χ0v) is 24.6. The number of carboxylic acid groups (broad SMARTS) is 1. The van der Waals surface area contributed by atoms with Crippen LogP contribution in [0.1, 0.15) is 16.7 Å². The van der Waals surface area contributed by atoms with Gasteiger partial charge in [-0.15, -0.1) is 0 Å². The van der Waals surface area contributed by atoms with Crippen LogP contribution in [0.2, 0.25) is 0 Å². The fraction of sp³-hybridized carbons (Fsp3) is 0.345. The standard InChI is InChI=1S/C21H21S.C8HF15O2/c1-16-14-17(2)21(18(3)15-16)22(19-10-6-4-7-11-19)20-12-8-5-9-13-20;9-2(10,1(24)25)3(11,12)4(13,14)5(15,16)6(17,18)7(19,20)8(21,22)23/h4-15H,1-3H3;(H,24,25)/q+1;/p-1. The van der Waals surface area contributed by atoms with Crippen LogP contribution in [0.25, 0.3) is 0 Å². The summed E-state index contributed by atoms with van der Waals surface area (Å²) in [7, 11) is -0.0460. The summed E-state index contributed by atoms with van der Waals surface area (Å²) >= 11 is 0. The number of aliphatic carboxylic acids is 1. The van der Waals surface area contributed by atoms with E-state index >= 15 is 0 Å². The van der Waals surface area contributed by atoms with E-state index < -0.39 is 47.7 Å². The second-order valence-corrected chi connectivity index (χ2v) is 11.9. The summed E-state index contributed by atoms with van der Waals surface area (Å²) in [5, 5.41) is 9.61. The van der Waals surface area contributed by atoms with Crippen molar-refractivity contribution in [2.75, 3.05) is 0 Å². The van der Waals surface area contributed by atoms with Gasteiger partial charge in [0.1, 0.15) is 5.97 Å². The Morgan fingerprint density at radius 1 is 0.532 bits per heavy atom. The molecule has 0 heterocycles. The van der Waals surface area contributed by atoms with Gasteiger partial charge < -0.3 is 9.90 Å². The number of hydrogen-bond acceptors (Lipinski definition) is 2. The predicted molar refractivity (Wildman–Crippen MR) is 136 cm³/mol. The van der Waals surface area contributed by atoms with Gasteiger partial charge in [-0.1, -0.05) is 54.1 Å². The Morgan fingerprint density at radius 2 is 0.851 bits per heavy atom. The van der Waals surface area contributed by atoms with Crippen molar-refractivity contribution in [2.24, 2.45) is 0 Å². The van der Waals surface area contributed by atoms with Gasteiger partial charge in [-0.3, -0.25) is 0 Å². The Hall–Kier alpha value is -3.57. The Morgan fingerprint density at radius 3 is 1.17 bits per heavy atom. The fourth-order valence-corrected chi connectivity index (χ4v) is 6.43. The van der Waals surface area contributed by atoms with Crippen LogP contribution < -0.4 is 5.11 Å². The van der Waals surface area contributed by atoms with Gasteiger partial charge in [0, 0.05) is 11.1 Å². The maximum absolute atomic E-state index is 12.8. The van der Waals surface area contributed by atoms with Crippen LogP contribution in [-0.4, -0.2) is 47.7 Å². The van der Waals surface area contributed by atoms with Crippen LogP contribution in [0.4, 0.5) is 65.9 Å². The van der Waals surface area contributed by atoms with Crippen LogP contribution in [0.5, 0.6) is 0 Å². The number of halogens is 15. The maximum Gasteiger partial charge on any atom is 0.460 e. The van der Waals surface area contributed by atoms with E-state index in [9.17, 15) is 75.8 Å². The number of carboxylic acids is 1. The number of benzene rings is 3. The van der Waals surface area contributed by atoms with E-state index in [2.05, 4.69) is 93.6 Å². The maximum atomic E-state index is 12.8. The van der Waals surface area contributed by atoms with Crippen LogP contribution in [0.3, 0.4) is 0 Å². The van der Waals surface area contributed by atoms with E-state index in [1.807, 2.05) is 0 Å². The van der Waals surface area contributed by atoms with Gasteiger partial charge in [-0.25, -0.2) is 0 Å². The van der Waals surface area contributed by atoms with Crippen molar-refractivity contribution < 1.29 is 75.8 Å². The van der Waals surface area contributed by atoms with E-state index in [-0.39, 0.29) is 10.9 Å². The average molecular weight is 719 g/mol. The molecule has 0 saturated carbocycles. The zero-order valence-electron chi connectivity index (χ0n) is 23.8. The first-order valence-electron chi connectivity index (χ1n) is 12.6. The third-order valence-electron chi connectivity index (χ3n) is 6.35. The van der Waals surface area contributed by atoms with Gasteiger partial charge in [-0.2, -0.15) is 65.9 Å². The SMILES string of the molecule is Cc1cc(C)c([S+](c2ccccc2)c2ccccc2)c(C)c1.O=C([O-])C(F)(F)C(F)(F)C(F)(F)C(F)(F)C(F)(F)C(F)(F)C(F)(F)F. The molecule has 0 saturated heterocycles. The number of aryl methyl sites for hydroxylation is 3. The largest absolute Gasteiger partial charge is 0.544 e. The first-order chi connectivity index (χ1) is 21.1. The summed E-state index contributed by atoms with van der Waals surface area (Å²) in [5.74, 6) is -53.3. The van der Waals surface area contributed by atoms with Crippen molar-refractivity contribution in [3.63, 3.8) is 0 Å². The summed E-state index contributed by atoms with van der Waals surface area (Å²) in [6.07, 6.45) is -7.71. The third kappa shape index (κ3) is 6.88. The Bertz CT molecular complexity index is 1480. The molecule has 0 unspecified atom stereocenters. The third-order valence-corrected chi connectivity index (χ3v) is 8.89. The van der Waals surface area contributed by atoms with E-state index in [0.717, 1.165) is 0 Å². The van der Waals surface area contributed by atoms with Gasteiger partial charge in [0.25, 0.3) is 0 Å². The predicted octanol–water partition coefficient (Wildman–Crippen LogP) is 8.82. The number of rotatable bonds is 9. The molecule has 47 heavy (non-hydrogen) atoms. The van der Waals surface area contributed by atoms with Crippen molar-refractivity contribution >= 4 is 16.9 Å². The number of carbonyl (C=O) groups is 1. The lowest BCUT2D eigenvalue weighted by atomic mass is 9.91. The molecule has 0 atom stereocenters. The minimum absolute atomic E-state index is 0.0460. The summed E-state index contributed by atoms with van der Waals surface area (Å²) in [4.78, 5) is 13.8. The Labute approximate surface area is 259 Å². The smallest absolute Gasteiger partial charge is 0.460 e. The molecule has 2 nitrogen and oxygen atoms in total. The molecular weight excluding hydrogens is 697 g/mol. The van der Waals surface area contributed by atoms with Gasteiger partial charge in [0.15, 0.2) is 14.7 Å². The second kappa shape index (κ2) is 13.1. The number of alkyl halides is 15.